The van der Waals surface area contributed by atoms with Gasteiger partial charge in [-0.1, -0.05) is 12.1 Å². The summed E-state index contributed by atoms with van der Waals surface area (Å²) in [4.78, 5) is 18.6. The largest absolute Gasteiger partial charge is 0.373 e. The molecule has 0 aliphatic carbocycles. The Morgan fingerprint density at radius 1 is 1.23 bits per heavy atom. The molecule has 1 aliphatic heterocycles. The van der Waals surface area contributed by atoms with Gasteiger partial charge in [-0.05, 0) is 51.8 Å². The van der Waals surface area contributed by atoms with Crippen molar-refractivity contribution in [1.82, 2.24) is 20.9 Å². The summed E-state index contributed by atoms with van der Waals surface area (Å²) in [6.07, 6.45) is 1.31. The number of carbonyl (C=O) groups excluding carboxylic acids is 1. The summed E-state index contributed by atoms with van der Waals surface area (Å²) >= 11 is 0. The zero-order chi connectivity index (χ0) is 21.4. The van der Waals surface area contributed by atoms with Crippen molar-refractivity contribution < 1.29 is 9.53 Å². The van der Waals surface area contributed by atoms with Gasteiger partial charge in [0.05, 0.1) is 12.2 Å². The van der Waals surface area contributed by atoms with E-state index in [1.165, 1.54) is 0 Å². The summed E-state index contributed by atoms with van der Waals surface area (Å²) in [5.41, 5.74) is 1.79. The Balaban J connectivity index is 0.00000450. The van der Waals surface area contributed by atoms with Crippen molar-refractivity contribution in [3.05, 3.63) is 35.4 Å². The van der Waals surface area contributed by atoms with Gasteiger partial charge in [-0.15, -0.1) is 24.0 Å². The zero-order valence-corrected chi connectivity index (χ0v) is 21.4. The standard InChI is InChI=1S/C22H37N5O2.HI/c1-16-13-27(14-17(2)29-16)22(3,4)15-26-21(24-6)25-11-10-18-8-7-9-19(12-18)20(28)23-5;/h7-9,12,16-17H,10-11,13-15H2,1-6H3,(H,23,28)(H2,24,25,26);1H. The number of halogens is 1. The Hall–Kier alpha value is -1.39. The lowest BCUT2D eigenvalue weighted by molar-refractivity contribution is -0.0946. The van der Waals surface area contributed by atoms with Crippen LogP contribution in [0.1, 0.15) is 43.6 Å². The fraction of sp³-hybridized carbons (Fsp3) is 0.636. The van der Waals surface area contributed by atoms with E-state index in [1.54, 1.807) is 14.1 Å². The third kappa shape index (κ3) is 8.03. The molecule has 1 aliphatic rings. The number of hydrogen-bond acceptors (Lipinski definition) is 4. The van der Waals surface area contributed by atoms with Crippen LogP contribution in [0.3, 0.4) is 0 Å². The van der Waals surface area contributed by atoms with Crippen molar-refractivity contribution in [2.45, 2.75) is 51.9 Å². The minimum Gasteiger partial charge on any atom is -0.373 e. The fourth-order valence-electron chi connectivity index (χ4n) is 3.64. The van der Waals surface area contributed by atoms with Gasteiger partial charge in [0.15, 0.2) is 5.96 Å². The number of rotatable bonds is 7. The molecule has 30 heavy (non-hydrogen) atoms. The predicted molar refractivity (Wildman–Crippen MR) is 134 cm³/mol. The summed E-state index contributed by atoms with van der Waals surface area (Å²) in [6, 6.07) is 7.71. The number of ether oxygens (including phenoxy) is 1. The van der Waals surface area contributed by atoms with Crippen LogP contribution in [0.25, 0.3) is 0 Å². The average molecular weight is 531 g/mol. The molecule has 0 spiro atoms. The van der Waals surface area contributed by atoms with Crippen LogP contribution in [0.2, 0.25) is 0 Å². The number of guanidine groups is 1. The number of benzene rings is 1. The molecule has 0 radical (unpaired) electrons. The van der Waals surface area contributed by atoms with Gasteiger partial charge in [-0.3, -0.25) is 14.7 Å². The van der Waals surface area contributed by atoms with Crippen LogP contribution in [0.4, 0.5) is 0 Å². The van der Waals surface area contributed by atoms with Crippen molar-refractivity contribution >= 4 is 35.8 Å². The summed E-state index contributed by atoms with van der Waals surface area (Å²) in [5.74, 6) is 0.723. The summed E-state index contributed by atoms with van der Waals surface area (Å²) < 4.78 is 5.86. The van der Waals surface area contributed by atoms with Gasteiger partial charge < -0.3 is 20.7 Å². The van der Waals surface area contributed by atoms with E-state index in [-0.39, 0.29) is 47.6 Å². The van der Waals surface area contributed by atoms with Gasteiger partial charge in [0.25, 0.3) is 5.91 Å². The molecule has 2 rings (SSSR count). The van der Waals surface area contributed by atoms with Crippen LogP contribution in [0.5, 0.6) is 0 Å². The molecular weight excluding hydrogens is 493 g/mol. The Kier molecular flexibility index (Phi) is 11.1. The highest BCUT2D eigenvalue weighted by atomic mass is 127. The van der Waals surface area contributed by atoms with Gasteiger partial charge in [0.2, 0.25) is 0 Å². The molecule has 1 fully saturated rings. The van der Waals surface area contributed by atoms with Gasteiger partial charge in [-0.25, -0.2) is 0 Å². The van der Waals surface area contributed by atoms with Crippen molar-refractivity contribution in [2.24, 2.45) is 4.99 Å². The number of nitrogens with zero attached hydrogens (tertiary/aromatic N) is 2. The normalized spacial score (nSPS) is 20.3. The molecule has 2 unspecified atom stereocenters. The molecule has 8 heteroatoms. The smallest absolute Gasteiger partial charge is 0.251 e. The van der Waals surface area contributed by atoms with Crippen LogP contribution >= 0.6 is 24.0 Å². The average Bonchev–Trinajstić information content (AvgIpc) is 2.69. The summed E-state index contributed by atoms with van der Waals surface area (Å²) in [7, 11) is 3.43. The first-order valence-electron chi connectivity index (χ1n) is 10.4. The minimum atomic E-state index is -0.0636. The van der Waals surface area contributed by atoms with E-state index in [4.69, 9.17) is 4.74 Å². The number of morpholine rings is 1. The maximum absolute atomic E-state index is 11.8. The molecule has 1 aromatic rings. The van der Waals surface area contributed by atoms with Crippen LogP contribution < -0.4 is 16.0 Å². The number of carbonyl (C=O) groups is 1. The van der Waals surface area contributed by atoms with Crippen molar-refractivity contribution in [1.29, 1.82) is 0 Å². The highest BCUT2D eigenvalue weighted by Gasteiger charge is 2.33. The monoisotopic (exact) mass is 531 g/mol. The third-order valence-electron chi connectivity index (χ3n) is 5.31. The first-order valence-corrected chi connectivity index (χ1v) is 10.4. The molecule has 7 nitrogen and oxygen atoms in total. The molecule has 1 heterocycles. The molecule has 2 atom stereocenters. The highest BCUT2D eigenvalue weighted by Crippen LogP contribution is 2.20. The Labute approximate surface area is 198 Å². The molecule has 1 saturated heterocycles. The quantitative estimate of drug-likeness (QED) is 0.286. The first-order chi connectivity index (χ1) is 13.7. The lowest BCUT2D eigenvalue weighted by atomic mass is 10.00. The van der Waals surface area contributed by atoms with Crippen molar-refractivity contribution in [3.63, 3.8) is 0 Å². The summed E-state index contributed by atoms with van der Waals surface area (Å²) in [6.45, 7) is 12.2. The van der Waals surface area contributed by atoms with Crippen molar-refractivity contribution in [2.75, 3.05) is 40.3 Å². The molecule has 0 bridgehead atoms. The second kappa shape index (κ2) is 12.5. The molecular formula is C22H38IN5O2. The van der Waals surface area contributed by atoms with Crippen molar-refractivity contribution in [3.8, 4) is 0 Å². The lowest BCUT2D eigenvalue weighted by Crippen LogP contribution is -2.59. The summed E-state index contributed by atoms with van der Waals surface area (Å²) in [5, 5.41) is 9.48. The zero-order valence-electron chi connectivity index (χ0n) is 19.1. The Bertz CT molecular complexity index is 701. The van der Waals surface area contributed by atoms with E-state index in [1.807, 2.05) is 24.3 Å². The van der Waals surface area contributed by atoms with Gasteiger partial charge in [0.1, 0.15) is 0 Å². The molecule has 0 saturated carbocycles. The number of hydrogen-bond donors (Lipinski definition) is 3. The SMILES string of the molecule is CN=C(NCCc1cccc(C(=O)NC)c1)NCC(C)(C)N1CC(C)OC(C)C1.I. The molecule has 0 aromatic heterocycles. The molecule has 1 amide bonds. The fourth-order valence-corrected chi connectivity index (χ4v) is 3.64. The second-order valence-corrected chi connectivity index (χ2v) is 8.36. The van der Waals surface area contributed by atoms with E-state index in [2.05, 4.69) is 53.5 Å². The van der Waals surface area contributed by atoms with Gasteiger partial charge >= 0.3 is 0 Å². The highest BCUT2D eigenvalue weighted by molar-refractivity contribution is 14.0. The van der Waals surface area contributed by atoms with E-state index in [0.29, 0.717) is 5.56 Å². The molecule has 170 valence electrons. The first kappa shape index (κ1) is 26.6. The number of nitrogens with one attached hydrogen (secondary N) is 3. The maximum Gasteiger partial charge on any atom is 0.251 e. The van der Waals surface area contributed by atoms with E-state index >= 15 is 0 Å². The van der Waals surface area contributed by atoms with Gasteiger partial charge in [0, 0.05) is 51.4 Å². The predicted octanol–water partition coefficient (Wildman–Crippen LogP) is 2.26. The Morgan fingerprint density at radius 3 is 2.50 bits per heavy atom. The topological polar surface area (TPSA) is 78.0 Å². The maximum atomic E-state index is 11.8. The van der Waals surface area contributed by atoms with Crippen LogP contribution in [-0.2, 0) is 11.2 Å². The minimum absolute atomic E-state index is 0. The number of aliphatic imine (C=N–C) groups is 1. The van der Waals surface area contributed by atoms with E-state index in [0.717, 1.165) is 44.1 Å². The van der Waals surface area contributed by atoms with Crippen LogP contribution in [-0.4, -0.2) is 74.8 Å². The Morgan fingerprint density at radius 2 is 1.90 bits per heavy atom. The van der Waals surface area contributed by atoms with E-state index < -0.39 is 0 Å². The van der Waals surface area contributed by atoms with Gasteiger partial charge in [-0.2, -0.15) is 0 Å². The van der Waals surface area contributed by atoms with Crippen LogP contribution in [0, 0.1) is 0 Å². The van der Waals surface area contributed by atoms with E-state index in [9.17, 15) is 4.79 Å². The third-order valence-corrected chi connectivity index (χ3v) is 5.31. The molecule has 1 aromatic carbocycles. The molecule has 3 N–H and O–H groups in total. The lowest BCUT2D eigenvalue weighted by Gasteiger charge is -2.45. The second-order valence-electron chi connectivity index (χ2n) is 8.36. The number of amides is 1. The van der Waals surface area contributed by atoms with Crippen LogP contribution in [0.15, 0.2) is 29.3 Å².